The summed E-state index contributed by atoms with van der Waals surface area (Å²) in [6.07, 6.45) is 6.79. The second-order valence-corrected chi connectivity index (χ2v) is 11.0. The van der Waals surface area contributed by atoms with Crippen molar-refractivity contribution in [3.8, 4) is 12.3 Å². The molecule has 12 heteroatoms. The molecule has 1 aromatic heterocycles. The Morgan fingerprint density at radius 2 is 1.84 bits per heavy atom. The number of nitrogens with zero attached hydrogens (tertiary/aromatic N) is 7. The van der Waals surface area contributed by atoms with E-state index in [9.17, 15) is 14.4 Å². The highest BCUT2D eigenvalue weighted by Crippen LogP contribution is 2.26. The third-order valence-electron chi connectivity index (χ3n) is 8.27. The Labute approximate surface area is 250 Å². The van der Waals surface area contributed by atoms with Crippen molar-refractivity contribution in [3.05, 3.63) is 65.9 Å². The van der Waals surface area contributed by atoms with Gasteiger partial charge in [0.25, 0.3) is 0 Å². The van der Waals surface area contributed by atoms with E-state index in [1.54, 1.807) is 9.91 Å². The second-order valence-electron chi connectivity index (χ2n) is 11.0. The number of aromatic nitrogens is 2. The zero-order valence-electron chi connectivity index (χ0n) is 24.1. The van der Waals surface area contributed by atoms with E-state index < -0.39 is 6.17 Å². The predicted molar refractivity (Wildman–Crippen MR) is 159 cm³/mol. The van der Waals surface area contributed by atoms with Gasteiger partial charge in [-0.25, -0.2) is 9.80 Å². The van der Waals surface area contributed by atoms with Gasteiger partial charge in [0.15, 0.2) is 0 Å². The number of carbonyl (C=O) groups excluding carboxylic acids is 3. The summed E-state index contributed by atoms with van der Waals surface area (Å²) < 4.78 is 7.46. The fourth-order valence-corrected chi connectivity index (χ4v) is 5.98. The first-order chi connectivity index (χ1) is 21.0. The van der Waals surface area contributed by atoms with Gasteiger partial charge in [0, 0.05) is 38.1 Å². The molecule has 6 rings (SSSR count). The number of hydrogen-bond donors (Lipinski definition) is 1. The first kappa shape index (κ1) is 28.7. The molecule has 0 aliphatic carbocycles. The first-order valence-electron chi connectivity index (χ1n) is 14.6. The number of nitrogens with one attached hydrogen (secondary N) is 1. The smallest absolute Gasteiger partial charge is 0.334 e. The van der Waals surface area contributed by atoms with Crippen molar-refractivity contribution in [2.45, 2.75) is 25.8 Å². The quantitative estimate of drug-likeness (QED) is 0.393. The third-order valence-corrected chi connectivity index (χ3v) is 8.27. The molecule has 43 heavy (non-hydrogen) atoms. The molecule has 0 spiro atoms. The molecule has 2 aromatic carbocycles. The molecule has 3 fully saturated rings. The topological polar surface area (TPSA) is 106 Å². The van der Waals surface area contributed by atoms with Gasteiger partial charge < -0.3 is 19.9 Å². The van der Waals surface area contributed by atoms with Gasteiger partial charge in [-0.2, -0.15) is 10.1 Å². The van der Waals surface area contributed by atoms with Gasteiger partial charge in [0.1, 0.15) is 12.7 Å². The Bertz CT molecular complexity index is 1510. The largest absolute Gasteiger partial charge is 0.379 e. The number of amides is 4. The van der Waals surface area contributed by atoms with Gasteiger partial charge in [-0.1, -0.05) is 48.4 Å². The summed E-state index contributed by atoms with van der Waals surface area (Å²) in [4.78, 5) is 45.6. The molecule has 0 saturated carbocycles. The molecular formula is C31H36N8O4. The Morgan fingerprint density at radius 3 is 2.63 bits per heavy atom. The molecule has 3 aliphatic heterocycles. The summed E-state index contributed by atoms with van der Waals surface area (Å²) in [5.74, 6) is 2.16. The number of rotatable bonds is 8. The second kappa shape index (κ2) is 12.8. The van der Waals surface area contributed by atoms with Crippen LogP contribution in [0.25, 0.3) is 10.9 Å². The molecule has 1 unspecified atom stereocenters. The van der Waals surface area contributed by atoms with Crippen molar-refractivity contribution in [2.24, 2.45) is 0 Å². The lowest BCUT2D eigenvalue weighted by molar-refractivity contribution is -0.180. The van der Waals surface area contributed by atoms with E-state index in [0.717, 1.165) is 61.4 Å². The van der Waals surface area contributed by atoms with Crippen molar-refractivity contribution >= 4 is 28.7 Å². The van der Waals surface area contributed by atoms with Crippen LogP contribution in [0.2, 0.25) is 0 Å². The molecular weight excluding hydrogens is 548 g/mol. The van der Waals surface area contributed by atoms with Gasteiger partial charge in [-0.05, 0) is 17.2 Å². The fraction of sp³-hybridized carbons (Fsp3) is 0.419. The third kappa shape index (κ3) is 6.19. The molecule has 12 nitrogen and oxygen atoms in total. The molecule has 4 amide bonds. The van der Waals surface area contributed by atoms with E-state index in [4.69, 9.17) is 11.2 Å². The van der Waals surface area contributed by atoms with Crippen molar-refractivity contribution in [2.75, 3.05) is 59.0 Å². The summed E-state index contributed by atoms with van der Waals surface area (Å²) in [6.45, 7) is 5.71. The lowest BCUT2D eigenvalue weighted by atomic mass is 10.1. The Balaban J connectivity index is 1.19. The maximum Gasteiger partial charge on any atom is 0.334 e. The van der Waals surface area contributed by atoms with E-state index in [1.807, 2.05) is 59.4 Å². The molecule has 3 aromatic rings. The number of hydrazine groups is 1. The molecule has 3 aliphatic rings. The molecule has 1 N–H and O–H groups in total. The molecule has 1 atom stereocenters. The number of carbonyl (C=O) groups is 3. The average molecular weight is 585 g/mol. The fourth-order valence-electron chi connectivity index (χ4n) is 5.98. The van der Waals surface area contributed by atoms with Crippen LogP contribution in [0.15, 0.2) is 54.7 Å². The van der Waals surface area contributed by atoms with Crippen LogP contribution < -0.4 is 5.32 Å². The Hall–Kier alpha value is -4.44. The van der Waals surface area contributed by atoms with Crippen molar-refractivity contribution in [1.82, 2.24) is 39.8 Å². The number of ether oxygens (including phenoxy) is 1. The van der Waals surface area contributed by atoms with E-state index in [0.29, 0.717) is 13.1 Å². The number of benzene rings is 2. The van der Waals surface area contributed by atoms with Crippen molar-refractivity contribution in [1.29, 1.82) is 0 Å². The minimum Gasteiger partial charge on any atom is -0.379 e. The minimum atomic E-state index is -0.682. The number of hydrogen-bond acceptors (Lipinski definition) is 7. The average Bonchev–Trinajstić information content (AvgIpc) is 3.45. The summed E-state index contributed by atoms with van der Waals surface area (Å²) in [7, 11) is 0. The summed E-state index contributed by atoms with van der Waals surface area (Å²) in [5, 5.41) is 11.7. The standard InChI is InChI=1S/C31H36N8O4/c1-2-11-36-22-30(41)37-23-29(40)35(21-28(37)39(36)31(42)32-18-24-7-4-3-5-8-24)20-25-9-6-10-27-26(25)19-33-38(27)13-12-34-14-16-43-17-15-34/h1,3-10,19,28H,11-18,20-23H2,(H,32,42). The highest BCUT2D eigenvalue weighted by atomic mass is 16.5. The number of urea groups is 1. The Morgan fingerprint density at radius 1 is 1.02 bits per heavy atom. The number of morpholine rings is 1. The van der Waals surface area contributed by atoms with Crippen LogP contribution in [0.4, 0.5) is 4.79 Å². The van der Waals surface area contributed by atoms with Gasteiger partial charge in [-0.15, -0.1) is 6.42 Å². The summed E-state index contributed by atoms with van der Waals surface area (Å²) in [5.41, 5.74) is 2.91. The summed E-state index contributed by atoms with van der Waals surface area (Å²) >= 11 is 0. The van der Waals surface area contributed by atoms with Crippen molar-refractivity contribution < 1.29 is 19.1 Å². The van der Waals surface area contributed by atoms with E-state index >= 15 is 0 Å². The molecule has 4 heterocycles. The number of fused-ring (bicyclic) bond motifs is 2. The van der Waals surface area contributed by atoms with Crippen LogP contribution in [0, 0.1) is 12.3 Å². The Kier molecular flexibility index (Phi) is 8.55. The van der Waals surface area contributed by atoms with Crippen molar-refractivity contribution in [3.63, 3.8) is 0 Å². The van der Waals surface area contributed by atoms with E-state index in [1.165, 1.54) is 9.91 Å². The van der Waals surface area contributed by atoms with Crippen LogP contribution in [0.5, 0.6) is 0 Å². The van der Waals surface area contributed by atoms with E-state index in [2.05, 4.69) is 21.2 Å². The van der Waals surface area contributed by atoms with Gasteiger partial charge >= 0.3 is 6.03 Å². The van der Waals surface area contributed by atoms with Crippen LogP contribution in [-0.2, 0) is 34.0 Å². The zero-order chi connectivity index (χ0) is 29.8. The highest BCUT2D eigenvalue weighted by molar-refractivity contribution is 5.89. The normalized spacial score (nSPS) is 19.9. The maximum atomic E-state index is 13.6. The molecule has 0 radical (unpaired) electrons. The number of terminal acetylenes is 1. The minimum absolute atomic E-state index is 0.0737. The molecule has 224 valence electrons. The monoisotopic (exact) mass is 584 g/mol. The van der Waals surface area contributed by atoms with Gasteiger partial charge in [-0.3, -0.25) is 19.2 Å². The molecule has 0 bridgehead atoms. The van der Waals surface area contributed by atoms with E-state index in [-0.39, 0.29) is 44.0 Å². The van der Waals surface area contributed by atoms with Gasteiger partial charge in [0.05, 0.1) is 51.1 Å². The van der Waals surface area contributed by atoms with Crippen LogP contribution in [-0.4, -0.2) is 118 Å². The molecule has 3 saturated heterocycles. The van der Waals surface area contributed by atoms with Gasteiger partial charge in [0.2, 0.25) is 11.8 Å². The lowest BCUT2D eigenvalue weighted by Crippen LogP contribution is -2.73. The first-order valence-corrected chi connectivity index (χ1v) is 14.6. The van der Waals surface area contributed by atoms with Crippen LogP contribution >= 0.6 is 0 Å². The zero-order valence-corrected chi connectivity index (χ0v) is 24.1. The SMILES string of the molecule is C#CCN1CC(=O)N2CC(=O)N(Cc3cccc4c3cnn4CCN3CCOCC3)CC2N1C(=O)NCc1ccccc1. The lowest BCUT2D eigenvalue weighted by Gasteiger charge is -2.52. The highest BCUT2D eigenvalue weighted by Gasteiger charge is 2.46. The number of piperazine rings is 1. The summed E-state index contributed by atoms with van der Waals surface area (Å²) in [6, 6.07) is 15.2. The van der Waals surface area contributed by atoms with Crippen LogP contribution in [0.1, 0.15) is 11.1 Å². The predicted octanol–water partition coefficient (Wildman–Crippen LogP) is 0.941. The van der Waals surface area contributed by atoms with Crippen LogP contribution in [0.3, 0.4) is 0 Å². The maximum absolute atomic E-state index is 13.6.